The van der Waals surface area contributed by atoms with E-state index in [4.69, 9.17) is 5.73 Å². The van der Waals surface area contributed by atoms with Crippen molar-refractivity contribution in [1.29, 1.82) is 0 Å². The molecular formula is C13H14FN3O3S. The van der Waals surface area contributed by atoms with E-state index in [9.17, 15) is 17.6 Å². The van der Waals surface area contributed by atoms with Crippen molar-refractivity contribution in [3.8, 4) is 0 Å². The Bertz CT molecular complexity index is 831. The van der Waals surface area contributed by atoms with E-state index in [1.54, 1.807) is 6.92 Å². The third kappa shape index (κ3) is 3.22. The predicted molar refractivity (Wildman–Crippen MR) is 78.0 cm³/mol. The summed E-state index contributed by atoms with van der Waals surface area (Å²) < 4.78 is 41.1. The van der Waals surface area contributed by atoms with E-state index in [-0.39, 0.29) is 21.8 Å². The van der Waals surface area contributed by atoms with Gasteiger partial charge >= 0.3 is 0 Å². The second kappa shape index (κ2) is 5.57. The van der Waals surface area contributed by atoms with Gasteiger partial charge in [-0.3, -0.25) is 9.52 Å². The van der Waals surface area contributed by atoms with Gasteiger partial charge in [0.1, 0.15) is 10.7 Å². The summed E-state index contributed by atoms with van der Waals surface area (Å²) in [6.07, 6.45) is 1.39. The number of pyridine rings is 1. The molecule has 0 aliphatic heterocycles. The lowest BCUT2D eigenvalue weighted by atomic mass is 10.3. The molecule has 1 aromatic carbocycles. The van der Waals surface area contributed by atoms with E-state index in [0.717, 1.165) is 18.2 Å². The number of benzene rings is 1. The molecule has 2 aromatic rings. The van der Waals surface area contributed by atoms with Crippen LogP contribution in [0.5, 0.6) is 0 Å². The quantitative estimate of drug-likeness (QED) is 0.834. The lowest BCUT2D eigenvalue weighted by Gasteiger charge is -2.11. The summed E-state index contributed by atoms with van der Waals surface area (Å²) in [4.78, 5) is 11.2. The first-order valence-electron chi connectivity index (χ1n) is 6.12. The molecule has 6 nitrogen and oxygen atoms in total. The third-order valence-corrected chi connectivity index (χ3v) is 4.29. The normalized spacial score (nSPS) is 11.3. The van der Waals surface area contributed by atoms with Crippen molar-refractivity contribution in [2.45, 2.75) is 18.4 Å². The van der Waals surface area contributed by atoms with Gasteiger partial charge in [-0.1, -0.05) is 0 Å². The molecule has 0 radical (unpaired) electrons. The highest BCUT2D eigenvalue weighted by atomic mass is 32.2. The monoisotopic (exact) mass is 311 g/mol. The van der Waals surface area contributed by atoms with Gasteiger partial charge in [-0.15, -0.1) is 0 Å². The number of hydrogen-bond acceptors (Lipinski definition) is 4. The fourth-order valence-electron chi connectivity index (χ4n) is 1.81. The third-order valence-electron chi connectivity index (χ3n) is 2.84. The maximum Gasteiger partial charge on any atom is 0.263 e. The Balaban J connectivity index is 2.39. The fraction of sp³-hybridized carbons (Fsp3) is 0.154. The van der Waals surface area contributed by atoms with Crippen LogP contribution < -0.4 is 16.0 Å². The zero-order valence-electron chi connectivity index (χ0n) is 11.2. The van der Waals surface area contributed by atoms with Crippen molar-refractivity contribution < 1.29 is 12.8 Å². The van der Waals surface area contributed by atoms with E-state index in [1.165, 1.54) is 22.9 Å². The minimum Gasteiger partial charge on any atom is -0.398 e. The number of aromatic nitrogens is 1. The Labute approximate surface area is 121 Å². The molecule has 112 valence electrons. The van der Waals surface area contributed by atoms with Gasteiger partial charge in [-0.2, -0.15) is 0 Å². The summed E-state index contributed by atoms with van der Waals surface area (Å²) in [5, 5.41) is 0. The number of anilines is 2. The SMILES string of the molecule is CCn1cc(NS(=O)(=O)c2ccc(F)cc2N)ccc1=O. The second-order valence-electron chi connectivity index (χ2n) is 4.33. The van der Waals surface area contributed by atoms with Crippen LogP contribution in [0.1, 0.15) is 6.92 Å². The highest BCUT2D eigenvalue weighted by molar-refractivity contribution is 7.92. The molecule has 0 unspecified atom stereocenters. The molecular weight excluding hydrogens is 297 g/mol. The molecule has 0 amide bonds. The predicted octanol–water partition coefficient (Wildman–Crippen LogP) is 1.39. The number of nitrogens with two attached hydrogens (primary N) is 1. The molecule has 0 aliphatic carbocycles. The van der Waals surface area contributed by atoms with E-state index < -0.39 is 15.8 Å². The molecule has 0 aliphatic rings. The largest absolute Gasteiger partial charge is 0.398 e. The molecule has 0 atom stereocenters. The van der Waals surface area contributed by atoms with Gasteiger partial charge in [0.2, 0.25) is 0 Å². The van der Waals surface area contributed by atoms with Gasteiger partial charge in [0.05, 0.1) is 11.4 Å². The van der Waals surface area contributed by atoms with Gasteiger partial charge in [-0.05, 0) is 31.2 Å². The van der Waals surface area contributed by atoms with E-state index in [0.29, 0.717) is 6.54 Å². The molecule has 0 bridgehead atoms. The lowest BCUT2D eigenvalue weighted by Crippen LogP contribution is -2.20. The average molecular weight is 311 g/mol. The number of aryl methyl sites for hydroxylation is 1. The standard InChI is InChI=1S/C13H14FN3O3S/c1-2-17-8-10(4-6-13(17)18)16-21(19,20)12-5-3-9(14)7-11(12)15/h3-8,16H,2,15H2,1H3. The Hall–Kier alpha value is -2.35. The van der Waals surface area contributed by atoms with Crippen LogP contribution in [0.15, 0.2) is 46.2 Å². The summed E-state index contributed by atoms with van der Waals surface area (Å²) in [7, 11) is -3.96. The highest BCUT2D eigenvalue weighted by Crippen LogP contribution is 2.21. The Morgan fingerprint density at radius 3 is 2.62 bits per heavy atom. The topological polar surface area (TPSA) is 94.2 Å². The van der Waals surface area contributed by atoms with Crippen LogP contribution in [0, 0.1) is 5.82 Å². The van der Waals surface area contributed by atoms with E-state index in [1.807, 2.05) is 0 Å². The van der Waals surface area contributed by atoms with Crippen LogP contribution in [0.2, 0.25) is 0 Å². The number of nitrogen functional groups attached to an aromatic ring is 1. The molecule has 0 saturated heterocycles. The van der Waals surface area contributed by atoms with Crippen molar-refractivity contribution in [3.63, 3.8) is 0 Å². The van der Waals surface area contributed by atoms with Crippen molar-refractivity contribution in [1.82, 2.24) is 4.57 Å². The van der Waals surface area contributed by atoms with Crippen LogP contribution in [0.4, 0.5) is 15.8 Å². The van der Waals surface area contributed by atoms with Crippen LogP contribution in [-0.2, 0) is 16.6 Å². The van der Waals surface area contributed by atoms with Crippen molar-refractivity contribution in [3.05, 3.63) is 52.7 Å². The highest BCUT2D eigenvalue weighted by Gasteiger charge is 2.18. The van der Waals surface area contributed by atoms with Gasteiger partial charge < -0.3 is 10.3 Å². The summed E-state index contributed by atoms with van der Waals surface area (Å²) in [5.74, 6) is -0.619. The van der Waals surface area contributed by atoms with Gasteiger partial charge in [0.15, 0.2) is 0 Å². The number of hydrogen-bond donors (Lipinski definition) is 2. The summed E-state index contributed by atoms with van der Waals surface area (Å²) in [6.45, 7) is 2.17. The molecule has 21 heavy (non-hydrogen) atoms. The first kappa shape index (κ1) is 15.0. The van der Waals surface area contributed by atoms with Gasteiger partial charge in [0, 0.05) is 18.8 Å². The van der Waals surface area contributed by atoms with E-state index in [2.05, 4.69) is 4.72 Å². The number of halogens is 1. The molecule has 0 spiro atoms. The van der Waals surface area contributed by atoms with Gasteiger partial charge in [-0.25, -0.2) is 12.8 Å². The smallest absolute Gasteiger partial charge is 0.263 e. The Morgan fingerprint density at radius 1 is 1.29 bits per heavy atom. The molecule has 1 heterocycles. The van der Waals surface area contributed by atoms with Crippen LogP contribution in [0.3, 0.4) is 0 Å². The Kier molecular flexibility index (Phi) is 3.99. The average Bonchev–Trinajstić information content (AvgIpc) is 2.40. The minimum atomic E-state index is -3.96. The fourth-order valence-corrected chi connectivity index (χ4v) is 2.97. The van der Waals surface area contributed by atoms with Crippen molar-refractivity contribution in [2.24, 2.45) is 0 Å². The Morgan fingerprint density at radius 2 is 2.00 bits per heavy atom. The molecule has 0 fully saturated rings. The zero-order valence-corrected chi connectivity index (χ0v) is 12.0. The van der Waals surface area contributed by atoms with Crippen molar-refractivity contribution >= 4 is 21.4 Å². The maximum atomic E-state index is 13.0. The molecule has 1 aromatic heterocycles. The molecule has 2 rings (SSSR count). The second-order valence-corrected chi connectivity index (χ2v) is 5.98. The van der Waals surface area contributed by atoms with Crippen LogP contribution in [-0.4, -0.2) is 13.0 Å². The number of rotatable bonds is 4. The van der Waals surface area contributed by atoms with Crippen molar-refractivity contribution in [2.75, 3.05) is 10.5 Å². The summed E-state index contributed by atoms with van der Waals surface area (Å²) >= 11 is 0. The first-order chi connectivity index (χ1) is 9.83. The summed E-state index contributed by atoms with van der Waals surface area (Å²) in [6, 6.07) is 5.64. The van der Waals surface area contributed by atoms with E-state index >= 15 is 0 Å². The number of nitrogens with zero attached hydrogens (tertiary/aromatic N) is 1. The van der Waals surface area contributed by atoms with Crippen LogP contribution in [0.25, 0.3) is 0 Å². The molecule has 3 N–H and O–H groups in total. The molecule has 0 saturated carbocycles. The van der Waals surface area contributed by atoms with Crippen LogP contribution >= 0.6 is 0 Å². The zero-order chi connectivity index (χ0) is 15.6. The molecule has 8 heteroatoms. The summed E-state index contributed by atoms with van der Waals surface area (Å²) in [5.41, 5.74) is 5.33. The number of sulfonamides is 1. The number of nitrogens with one attached hydrogen (secondary N) is 1. The first-order valence-corrected chi connectivity index (χ1v) is 7.60. The minimum absolute atomic E-state index is 0.189. The van der Waals surface area contributed by atoms with Gasteiger partial charge in [0.25, 0.3) is 15.6 Å². The lowest BCUT2D eigenvalue weighted by molar-refractivity contribution is 0.600. The maximum absolute atomic E-state index is 13.0.